The Morgan fingerprint density at radius 1 is 1.47 bits per heavy atom. The van der Waals surface area contributed by atoms with Gasteiger partial charge in [-0.2, -0.15) is 0 Å². The van der Waals surface area contributed by atoms with Gasteiger partial charge >= 0.3 is 5.97 Å². The summed E-state index contributed by atoms with van der Waals surface area (Å²) in [6, 6.07) is 5.68. The first-order valence-corrected chi connectivity index (χ1v) is 6.93. The summed E-state index contributed by atoms with van der Waals surface area (Å²) in [4.78, 5) is 13.4. The fraction of sp³-hybridized carbons (Fsp3) is 0.533. The van der Waals surface area contributed by atoms with E-state index in [1.807, 2.05) is 6.07 Å². The van der Waals surface area contributed by atoms with E-state index in [0.29, 0.717) is 17.6 Å². The van der Waals surface area contributed by atoms with Crippen molar-refractivity contribution in [2.45, 2.75) is 39.2 Å². The molecule has 1 saturated heterocycles. The van der Waals surface area contributed by atoms with Crippen molar-refractivity contribution in [2.24, 2.45) is 5.92 Å². The van der Waals surface area contributed by atoms with Crippen molar-refractivity contribution < 1.29 is 9.90 Å². The SMILES string of the molecule is CCC1CCC(C)N(c2cccc(C(=O)O)c2N)C1. The van der Waals surface area contributed by atoms with Gasteiger partial charge in [0.1, 0.15) is 0 Å². The van der Waals surface area contributed by atoms with Crippen LogP contribution in [0.2, 0.25) is 0 Å². The number of nitrogens with zero attached hydrogens (tertiary/aromatic N) is 1. The highest BCUT2D eigenvalue weighted by atomic mass is 16.4. The number of carbonyl (C=O) groups is 1. The van der Waals surface area contributed by atoms with Gasteiger partial charge < -0.3 is 15.7 Å². The third-order valence-electron chi connectivity index (χ3n) is 4.18. The standard InChI is InChI=1S/C15H22N2O2/c1-3-11-8-7-10(2)17(9-11)13-6-4-5-12(14(13)16)15(18)19/h4-6,10-11H,3,7-9,16H2,1-2H3,(H,18,19). The van der Waals surface area contributed by atoms with Crippen LogP contribution in [0.25, 0.3) is 0 Å². The van der Waals surface area contributed by atoms with Gasteiger partial charge in [-0.3, -0.25) is 0 Å². The number of anilines is 2. The van der Waals surface area contributed by atoms with Crippen LogP contribution in [0, 0.1) is 5.92 Å². The highest BCUT2D eigenvalue weighted by molar-refractivity contribution is 5.97. The van der Waals surface area contributed by atoms with E-state index in [0.717, 1.165) is 25.1 Å². The van der Waals surface area contributed by atoms with E-state index >= 15 is 0 Å². The first-order chi connectivity index (χ1) is 9.04. The van der Waals surface area contributed by atoms with Crippen LogP contribution in [-0.2, 0) is 0 Å². The third kappa shape index (κ3) is 2.67. The van der Waals surface area contributed by atoms with Crippen molar-refractivity contribution in [1.82, 2.24) is 0 Å². The zero-order chi connectivity index (χ0) is 14.0. The normalized spacial score (nSPS) is 23.4. The molecule has 2 unspecified atom stereocenters. The number of nitrogens with two attached hydrogens (primary N) is 1. The smallest absolute Gasteiger partial charge is 0.337 e. The first kappa shape index (κ1) is 13.7. The van der Waals surface area contributed by atoms with Crippen molar-refractivity contribution in [3.63, 3.8) is 0 Å². The Balaban J connectivity index is 2.34. The predicted molar refractivity (Wildman–Crippen MR) is 77.6 cm³/mol. The topological polar surface area (TPSA) is 66.6 Å². The van der Waals surface area contributed by atoms with Crippen molar-refractivity contribution in [2.75, 3.05) is 17.2 Å². The maximum absolute atomic E-state index is 11.2. The Bertz CT molecular complexity index is 473. The maximum atomic E-state index is 11.2. The molecule has 4 heteroatoms. The quantitative estimate of drug-likeness (QED) is 0.822. The van der Waals surface area contributed by atoms with Gasteiger partial charge in [0.15, 0.2) is 0 Å². The van der Waals surface area contributed by atoms with Crippen LogP contribution < -0.4 is 10.6 Å². The first-order valence-electron chi connectivity index (χ1n) is 6.93. The summed E-state index contributed by atoms with van der Waals surface area (Å²) in [6.07, 6.45) is 3.53. The minimum absolute atomic E-state index is 0.198. The summed E-state index contributed by atoms with van der Waals surface area (Å²) in [5.74, 6) is -0.292. The number of carboxylic acids is 1. The lowest BCUT2D eigenvalue weighted by molar-refractivity contribution is 0.0698. The number of carboxylic acid groups (broad SMARTS) is 1. The monoisotopic (exact) mass is 262 g/mol. The van der Waals surface area contributed by atoms with Gasteiger partial charge in [-0.25, -0.2) is 4.79 Å². The summed E-state index contributed by atoms with van der Waals surface area (Å²) in [5, 5.41) is 9.15. The second kappa shape index (κ2) is 5.51. The molecule has 0 saturated carbocycles. The predicted octanol–water partition coefficient (Wildman–Crippen LogP) is 2.98. The van der Waals surface area contributed by atoms with Gasteiger partial charge in [0.05, 0.1) is 16.9 Å². The van der Waals surface area contributed by atoms with Gasteiger partial charge in [-0.1, -0.05) is 19.4 Å². The molecule has 1 aliphatic heterocycles. The zero-order valence-corrected chi connectivity index (χ0v) is 11.6. The van der Waals surface area contributed by atoms with E-state index in [9.17, 15) is 4.79 Å². The van der Waals surface area contributed by atoms with Gasteiger partial charge in [0, 0.05) is 12.6 Å². The fourth-order valence-electron chi connectivity index (χ4n) is 2.84. The average Bonchev–Trinajstić information content (AvgIpc) is 2.39. The molecular weight excluding hydrogens is 240 g/mol. The molecule has 0 spiro atoms. The second-order valence-electron chi connectivity index (χ2n) is 5.40. The summed E-state index contributed by atoms with van der Waals surface area (Å²) >= 11 is 0. The van der Waals surface area contributed by atoms with E-state index in [4.69, 9.17) is 10.8 Å². The minimum atomic E-state index is -0.962. The van der Waals surface area contributed by atoms with Crippen molar-refractivity contribution >= 4 is 17.3 Å². The molecule has 3 N–H and O–H groups in total. The maximum Gasteiger partial charge on any atom is 0.337 e. The molecule has 0 aromatic heterocycles. The Morgan fingerprint density at radius 3 is 2.84 bits per heavy atom. The van der Waals surface area contributed by atoms with Crippen LogP contribution in [0.5, 0.6) is 0 Å². The van der Waals surface area contributed by atoms with Crippen LogP contribution in [0.3, 0.4) is 0 Å². The van der Waals surface area contributed by atoms with Gasteiger partial charge in [-0.05, 0) is 37.8 Å². The lowest BCUT2D eigenvalue weighted by Crippen LogP contribution is -2.42. The number of hydrogen-bond donors (Lipinski definition) is 2. The molecule has 1 heterocycles. The summed E-state index contributed by atoms with van der Waals surface area (Å²) in [7, 11) is 0. The van der Waals surface area contributed by atoms with E-state index in [1.54, 1.807) is 12.1 Å². The molecule has 4 nitrogen and oxygen atoms in total. The number of nitrogen functional groups attached to an aromatic ring is 1. The van der Waals surface area contributed by atoms with Crippen LogP contribution in [0.4, 0.5) is 11.4 Å². The molecule has 104 valence electrons. The van der Waals surface area contributed by atoms with E-state index in [2.05, 4.69) is 18.7 Å². The molecule has 1 fully saturated rings. The van der Waals surface area contributed by atoms with E-state index in [1.165, 1.54) is 6.42 Å². The molecular formula is C15H22N2O2. The Morgan fingerprint density at radius 2 is 2.21 bits per heavy atom. The lowest BCUT2D eigenvalue weighted by Gasteiger charge is -2.40. The molecule has 0 bridgehead atoms. The number of piperidine rings is 1. The molecule has 0 radical (unpaired) electrons. The Hall–Kier alpha value is -1.71. The van der Waals surface area contributed by atoms with Crippen LogP contribution >= 0.6 is 0 Å². The van der Waals surface area contributed by atoms with Crippen LogP contribution in [-0.4, -0.2) is 23.7 Å². The Kier molecular flexibility index (Phi) is 3.98. The second-order valence-corrected chi connectivity index (χ2v) is 5.40. The molecule has 1 aromatic rings. The highest BCUT2D eigenvalue weighted by Gasteiger charge is 2.26. The fourth-order valence-corrected chi connectivity index (χ4v) is 2.84. The number of benzene rings is 1. The molecule has 2 atom stereocenters. The van der Waals surface area contributed by atoms with Gasteiger partial charge in [0.2, 0.25) is 0 Å². The van der Waals surface area contributed by atoms with Crippen molar-refractivity contribution in [1.29, 1.82) is 0 Å². The van der Waals surface area contributed by atoms with Crippen LogP contribution in [0.15, 0.2) is 18.2 Å². The number of rotatable bonds is 3. The molecule has 19 heavy (non-hydrogen) atoms. The lowest BCUT2D eigenvalue weighted by atomic mass is 9.91. The van der Waals surface area contributed by atoms with Crippen molar-refractivity contribution in [3.05, 3.63) is 23.8 Å². The third-order valence-corrected chi connectivity index (χ3v) is 4.18. The van der Waals surface area contributed by atoms with Gasteiger partial charge in [0.25, 0.3) is 0 Å². The van der Waals surface area contributed by atoms with Crippen molar-refractivity contribution in [3.8, 4) is 0 Å². The molecule has 0 aliphatic carbocycles. The molecule has 1 aromatic carbocycles. The number of para-hydroxylation sites is 1. The number of hydrogen-bond acceptors (Lipinski definition) is 3. The summed E-state index contributed by atoms with van der Waals surface area (Å²) in [6.45, 7) is 5.35. The average molecular weight is 262 g/mol. The minimum Gasteiger partial charge on any atom is -0.478 e. The highest BCUT2D eigenvalue weighted by Crippen LogP contribution is 2.34. The largest absolute Gasteiger partial charge is 0.478 e. The van der Waals surface area contributed by atoms with E-state index in [-0.39, 0.29) is 5.56 Å². The summed E-state index contributed by atoms with van der Waals surface area (Å²) < 4.78 is 0. The van der Waals surface area contributed by atoms with E-state index < -0.39 is 5.97 Å². The molecule has 1 aliphatic rings. The molecule has 2 rings (SSSR count). The van der Waals surface area contributed by atoms with Crippen LogP contribution in [0.1, 0.15) is 43.5 Å². The Labute approximate surface area is 114 Å². The number of aromatic carboxylic acids is 1. The molecule has 0 amide bonds. The zero-order valence-electron chi connectivity index (χ0n) is 11.6. The van der Waals surface area contributed by atoms with Gasteiger partial charge in [-0.15, -0.1) is 0 Å². The summed E-state index contributed by atoms with van der Waals surface area (Å²) in [5.41, 5.74) is 7.49.